The van der Waals surface area contributed by atoms with E-state index in [0.717, 1.165) is 17.9 Å². The number of ether oxygens (including phenoxy) is 1. The molecule has 0 N–H and O–H groups in total. The van der Waals surface area contributed by atoms with Crippen LogP contribution < -0.4 is 20.7 Å². The van der Waals surface area contributed by atoms with Gasteiger partial charge in [-0.3, -0.25) is 0 Å². The van der Waals surface area contributed by atoms with Crippen LogP contribution in [0.25, 0.3) is 0 Å². The fourth-order valence-corrected chi connectivity index (χ4v) is 10.2. The van der Waals surface area contributed by atoms with Crippen molar-refractivity contribution in [3.05, 3.63) is 151 Å². The van der Waals surface area contributed by atoms with E-state index in [2.05, 4.69) is 125 Å². The van der Waals surface area contributed by atoms with Crippen molar-refractivity contribution in [1.29, 1.82) is 0 Å². The van der Waals surface area contributed by atoms with Crippen molar-refractivity contribution in [3.63, 3.8) is 0 Å². The molecule has 0 aliphatic heterocycles. The quantitative estimate of drug-likeness (QED) is 0.192. The molecule has 174 valence electrons. The minimum atomic E-state index is -2.76. The van der Waals surface area contributed by atoms with Crippen molar-refractivity contribution in [2.45, 2.75) is 6.42 Å². The van der Waals surface area contributed by atoms with Crippen LogP contribution in [0.4, 0.5) is 0 Å². The second kappa shape index (κ2) is 9.82. The Morgan fingerprint density at radius 3 is 1.57 bits per heavy atom. The minimum absolute atomic E-state index is 0.849. The van der Waals surface area contributed by atoms with Crippen LogP contribution in [-0.2, 0) is 6.42 Å². The van der Waals surface area contributed by atoms with Gasteiger partial charge >= 0.3 is 211 Å². The van der Waals surface area contributed by atoms with E-state index >= 15 is 0 Å². The Morgan fingerprint density at radius 1 is 0.514 bits per heavy atom. The van der Waals surface area contributed by atoms with E-state index < -0.39 is 5.31 Å². The molecule has 0 heterocycles. The van der Waals surface area contributed by atoms with Gasteiger partial charge in [-0.1, -0.05) is 6.07 Å². The van der Waals surface area contributed by atoms with Gasteiger partial charge in [-0.05, 0) is 0 Å². The molecule has 0 spiro atoms. The SMILES string of the molecule is CP(Br)(c1ccccc1)(c1ccccc1)c1ccc(Cc2cccc(Oc3ccccc3)c2)cc1. The van der Waals surface area contributed by atoms with Crippen molar-refractivity contribution in [2.75, 3.05) is 6.66 Å². The maximum absolute atomic E-state index is 6.03. The zero-order chi connectivity index (χ0) is 24.2. The standard InChI is InChI=1S/C32H28BrOP/c1-35(33,30-16-7-3-8-17-30,31-18-9-4-10-19-31)32-22-20-26(21-23-32)24-27-12-11-15-29(25-27)34-28-13-5-2-6-14-28/h2-23,25H,24H2,1H3. The summed E-state index contributed by atoms with van der Waals surface area (Å²) < 4.78 is 6.03. The molecule has 0 unspecified atom stereocenters. The van der Waals surface area contributed by atoms with Crippen LogP contribution in [-0.4, -0.2) is 6.66 Å². The van der Waals surface area contributed by atoms with Crippen molar-refractivity contribution in [2.24, 2.45) is 0 Å². The van der Waals surface area contributed by atoms with E-state index in [1.807, 2.05) is 36.4 Å². The molecule has 0 radical (unpaired) electrons. The molecule has 0 amide bonds. The molecule has 3 heteroatoms. The van der Waals surface area contributed by atoms with E-state index in [1.165, 1.54) is 27.0 Å². The van der Waals surface area contributed by atoms with Gasteiger partial charge in [-0.2, -0.15) is 0 Å². The van der Waals surface area contributed by atoms with Gasteiger partial charge in [0.15, 0.2) is 0 Å². The van der Waals surface area contributed by atoms with Gasteiger partial charge < -0.3 is 0 Å². The fourth-order valence-electron chi connectivity index (χ4n) is 4.56. The second-order valence-electron chi connectivity index (χ2n) is 9.01. The van der Waals surface area contributed by atoms with E-state index in [4.69, 9.17) is 4.74 Å². The average Bonchev–Trinajstić information content (AvgIpc) is 2.91. The monoisotopic (exact) mass is 538 g/mol. The van der Waals surface area contributed by atoms with Gasteiger partial charge in [-0.15, -0.1) is 0 Å². The molecule has 0 aromatic heterocycles. The van der Waals surface area contributed by atoms with Crippen LogP contribution in [0.2, 0.25) is 0 Å². The molecule has 5 rings (SSSR count). The summed E-state index contributed by atoms with van der Waals surface area (Å²) in [5, 5.41) is 1.21. The predicted molar refractivity (Wildman–Crippen MR) is 156 cm³/mol. The molecular weight excluding hydrogens is 511 g/mol. The summed E-state index contributed by atoms with van der Waals surface area (Å²) in [6.45, 7) is 2.38. The maximum atomic E-state index is 6.03. The number of hydrogen-bond acceptors (Lipinski definition) is 1. The number of para-hydroxylation sites is 1. The molecule has 35 heavy (non-hydrogen) atoms. The van der Waals surface area contributed by atoms with Crippen molar-refractivity contribution >= 4 is 36.7 Å². The number of rotatable bonds is 7. The van der Waals surface area contributed by atoms with E-state index in [0.29, 0.717) is 0 Å². The summed E-state index contributed by atoms with van der Waals surface area (Å²) in [4.78, 5) is 0. The summed E-state index contributed by atoms with van der Waals surface area (Å²) in [7, 11) is 0. The second-order valence-corrected chi connectivity index (χ2v) is 18.7. The molecule has 1 nitrogen and oxygen atoms in total. The third-order valence-electron chi connectivity index (χ3n) is 6.58. The van der Waals surface area contributed by atoms with Crippen molar-refractivity contribution in [3.8, 4) is 11.5 Å². The first-order valence-corrected chi connectivity index (χ1v) is 16.5. The molecule has 0 fully saturated rings. The van der Waals surface area contributed by atoms with Gasteiger partial charge in [-0.25, -0.2) is 0 Å². The first-order valence-electron chi connectivity index (χ1n) is 11.8. The Morgan fingerprint density at radius 2 is 1.00 bits per heavy atom. The average molecular weight is 539 g/mol. The van der Waals surface area contributed by atoms with E-state index in [-0.39, 0.29) is 0 Å². The zero-order valence-corrected chi connectivity index (χ0v) is 22.2. The molecule has 5 aromatic rings. The van der Waals surface area contributed by atoms with E-state index in [1.54, 1.807) is 0 Å². The van der Waals surface area contributed by atoms with Gasteiger partial charge in [0.1, 0.15) is 0 Å². The Kier molecular flexibility index (Phi) is 6.60. The van der Waals surface area contributed by atoms with Crippen LogP contribution in [0.1, 0.15) is 11.1 Å². The third kappa shape index (κ3) is 4.82. The van der Waals surface area contributed by atoms with Crippen LogP contribution in [0.3, 0.4) is 0 Å². The normalized spacial score (nSPS) is 12.5. The van der Waals surface area contributed by atoms with E-state index in [9.17, 15) is 0 Å². The Labute approximate surface area is 216 Å². The fraction of sp³-hybridized carbons (Fsp3) is 0.0625. The molecule has 0 aliphatic rings. The molecule has 0 saturated carbocycles. The first kappa shape index (κ1) is 23.5. The summed E-state index contributed by atoms with van der Waals surface area (Å²) in [5.74, 6) is 1.71. The molecule has 0 saturated heterocycles. The van der Waals surface area contributed by atoms with Crippen LogP contribution >= 0.6 is 20.8 Å². The third-order valence-corrected chi connectivity index (χ3v) is 14.8. The molecule has 0 bridgehead atoms. The summed E-state index contributed by atoms with van der Waals surface area (Å²) in [6, 6.07) is 49.0. The van der Waals surface area contributed by atoms with Crippen LogP contribution in [0, 0.1) is 0 Å². The summed E-state index contributed by atoms with van der Waals surface area (Å²) in [5.41, 5.74) is 2.50. The Balaban J connectivity index is 1.45. The van der Waals surface area contributed by atoms with Gasteiger partial charge in [0.2, 0.25) is 0 Å². The number of benzene rings is 5. The molecular formula is C32H28BrOP. The number of halogens is 1. The van der Waals surface area contributed by atoms with Crippen molar-refractivity contribution < 1.29 is 4.74 Å². The van der Waals surface area contributed by atoms with Crippen LogP contribution in [0.15, 0.2) is 140 Å². The van der Waals surface area contributed by atoms with Gasteiger partial charge in [0.05, 0.1) is 0 Å². The first-order chi connectivity index (χ1) is 17.0. The van der Waals surface area contributed by atoms with Crippen molar-refractivity contribution in [1.82, 2.24) is 0 Å². The molecule has 0 atom stereocenters. The summed E-state index contributed by atoms with van der Waals surface area (Å²) >= 11 is 4.36. The Hall–Kier alpha value is -3.19. The zero-order valence-electron chi connectivity index (χ0n) is 19.7. The summed E-state index contributed by atoms with van der Waals surface area (Å²) in [6.07, 6.45) is 0.852. The predicted octanol–water partition coefficient (Wildman–Crippen LogP) is 7.84. The molecule has 0 aliphatic carbocycles. The van der Waals surface area contributed by atoms with Crippen LogP contribution in [0.5, 0.6) is 11.5 Å². The topological polar surface area (TPSA) is 9.23 Å². The molecule has 5 aromatic carbocycles. The number of hydrogen-bond donors (Lipinski definition) is 0. The Bertz CT molecular complexity index is 1360. The van der Waals surface area contributed by atoms with Gasteiger partial charge in [0, 0.05) is 0 Å². The van der Waals surface area contributed by atoms with Gasteiger partial charge in [0.25, 0.3) is 0 Å².